The predicted molar refractivity (Wildman–Crippen MR) is 87.5 cm³/mol. The molecule has 0 spiro atoms. The third kappa shape index (κ3) is 2.88. The van der Waals surface area contributed by atoms with E-state index >= 15 is 0 Å². The monoisotopic (exact) mass is 284 g/mol. The molecule has 1 fully saturated rings. The number of benzene rings is 1. The number of pyridine rings is 1. The van der Waals surface area contributed by atoms with Crippen LogP contribution in [0, 0.1) is 5.92 Å². The highest BCUT2D eigenvalue weighted by Gasteiger charge is 2.24. The van der Waals surface area contributed by atoms with Gasteiger partial charge in [0.15, 0.2) is 0 Å². The van der Waals surface area contributed by atoms with Crippen molar-refractivity contribution >= 4 is 16.6 Å². The highest BCUT2D eigenvalue weighted by molar-refractivity contribution is 5.92. The van der Waals surface area contributed by atoms with E-state index in [4.69, 9.17) is 0 Å². The smallest absolute Gasteiger partial charge is 0.0854 e. The van der Waals surface area contributed by atoms with Crippen molar-refractivity contribution in [3.8, 4) is 0 Å². The van der Waals surface area contributed by atoms with Crippen LogP contribution in [-0.4, -0.2) is 23.2 Å². The molecule has 1 N–H and O–H groups in total. The predicted octanol–water partition coefficient (Wildman–Crippen LogP) is 3.74. The van der Waals surface area contributed by atoms with Gasteiger partial charge in [-0.3, -0.25) is 4.98 Å². The van der Waals surface area contributed by atoms with Crippen LogP contribution >= 0.6 is 0 Å². The number of aromatic nitrogens is 1. The summed E-state index contributed by atoms with van der Waals surface area (Å²) in [6, 6.07) is 10.8. The van der Waals surface area contributed by atoms with E-state index in [2.05, 4.69) is 36.0 Å². The number of rotatable bonds is 3. The molecule has 112 valence electrons. The summed E-state index contributed by atoms with van der Waals surface area (Å²) < 4.78 is 0. The molecule has 1 aliphatic carbocycles. The van der Waals surface area contributed by atoms with Gasteiger partial charge in [-0.25, -0.2) is 0 Å². The maximum Gasteiger partial charge on any atom is 0.0854 e. The topological polar surface area (TPSA) is 36.4 Å². The third-order valence-electron chi connectivity index (χ3n) is 4.75. The first-order valence-corrected chi connectivity index (χ1v) is 7.91. The van der Waals surface area contributed by atoms with Gasteiger partial charge in [0.2, 0.25) is 0 Å². The zero-order chi connectivity index (χ0) is 14.8. The highest BCUT2D eigenvalue weighted by Crippen LogP contribution is 2.33. The molecule has 0 amide bonds. The standard InChI is InChI=1S/C18H24N2O/c1-13-6-5-7-15(10-13)20(2)18-11-14(12-21)19-17-9-4-3-8-16(17)18/h3-4,8-9,11,13,15,21H,5-7,10,12H2,1-2H3. The Kier molecular flexibility index (Phi) is 4.11. The van der Waals surface area contributed by atoms with Crippen molar-refractivity contribution in [3.63, 3.8) is 0 Å². The van der Waals surface area contributed by atoms with Gasteiger partial charge in [0.05, 0.1) is 17.8 Å². The minimum absolute atomic E-state index is 0.00720. The van der Waals surface area contributed by atoms with Crippen LogP contribution < -0.4 is 4.90 Å². The van der Waals surface area contributed by atoms with E-state index < -0.39 is 0 Å². The Morgan fingerprint density at radius 2 is 2.10 bits per heavy atom. The first-order valence-electron chi connectivity index (χ1n) is 7.91. The van der Waals surface area contributed by atoms with E-state index in [0.29, 0.717) is 6.04 Å². The summed E-state index contributed by atoms with van der Waals surface area (Å²) in [5.41, 5.74) is 2.91. The molecule has 2 atom stereocenters. The largest absolute Gasteiger partial charge is 0.390 e. The van der Waals surface area contributed by atoms with Gasteiger partial charge in [-0.2, -0.15) is 0 Å². The summed E-state index contributed by atoms with van der Waals surface area (Å²) >= 11 is 0. The fourth-order valence-corrected chi connectivity index (χ4v) is 3.53. The Morgan fingerprint density at radius 3 is 2.86 bits per heavy atom. The van der Waals surface area contributed by atoms with Crippen molar-refractivity contribution < 1.29 is 5.11 Å². The Morgan fingerprint density at radius 1 is 1.29 bits per heavy atom. The van der Waals surface area contributed by atoms with Crippen LogP contribution in [0.2, 0.25) is 0 Å². The van der Waals surface area contributed by atoms with Crippen molar-refractivity contribution in [2.75, 3.05) is 11.9 Å². The molecule has 0 bridgehead atoms. The number of para-hydroxylation sites is 1. The van der Waals surface area contributed by atoms with Crippen molar-refractivity contribution in [1.82, 2.24) is 4.98 Å². The number of fused-ring (bicyclic) bond motifs is 1. The quantitative estimate of drug-likeness (QED) is 0.932. The summed E-state index contributed by atoms with van der Waals surface area (Å²) in [4.78, 5) is 6.92. The van der Waals surface area contributed by atoms with E-state index in [1.807, 2.05) is 18.2 Å². The van der Waals surface area contributed by atoms with E-state index in [1.54, 1.807) is 0 Å². The average Bonchev–Trinajstić information content (AvgIpc) is 2.53. The lowest BCUT2D eigenvalue weighted by molar-refractivity contribution is 0.277. The van der Waals surface area contributed by atoms with E-state index in [0.717, 1.165) is 17.1 Å². The lowest BCUT2D eigenvalue weighted by Crippen LogP contribution is -2.35. The molecular weight excluding hydrogens is 260 g/mol. The van der Waals surface area contributed by atoms with Crippen molar-refractivity contribution in [3.05, 3.63) is 36.0 Å². The zero-order valence-electron chi connectivity index (χ0n) is 12.9. The van der Waals surface area contributed by atoms with Gasteiger partial charge in [0, 0.05) is 24.2 Å². The second kappa shape index (κ2) is 6.02. The molecule has 2 aromatic rings. The fourth-order valence-electron chi connectivity index (χ4n) is 3.53. The van der Waals surface area contributed by atoms with Gasteiger partial charge < -0.3 is 10.0 Å². The van der Waals surface area contributed by atoms with Gasteiger partial charge >= 0.3 is 0 Å². The van der Waals surface area contributed by atoms with Crippen molar-refractivity contribution in [1.29, 1.82) is 0 Å². The maximum absolute atomic E-state index is 9.47. The summed E-state index contributed by atoms with van der Waals surface area (Å²) in [5, 5.41) is 10.7. The van der Waals surface area contributed by atoms with Gasteiger partial charge in [0.1, 0.15) is 0 Å². The lowest BCUT2D eigenvalue weighted by Gasteiger charge is -2.36. The van der Waals surface area contributed by atoms with Crippen LogP contribution in [0.1, 0.15) is 38.3 Å². The molecule has 3 nitrogen and oxygen atoms in total. The molecule has 2 unspecified atom stereocenters. The number of hydrogen-bond acceptors (Lipinski definition) is 3. The van der Waals surface area contributed by atoms with Crippen LogP contribution in [0.25, 0.3) is 10.9 Å². The van der Waals surface area contributed by atoms with Crippen LogP contribution in [0.15, 0.2) is 30.3 Å². The number of anilines is 1. The normalized spacial score (nSPS) is 22.4. The van der Waals surface area contributed by atoms with Gasteiger partial charge in [-0.05, 0) is 30.9 Å². The number of aliphatic hydroxyl groups is 1. The molecule has 0 radical (unpaired) electrons. The SMILES string of the molecule is CC1CCCC(N(C)c2cc(CO)nc3ccccc23)C1. The zero-order valence-corrected chi connectivity index (χ0v) is 12.9. The second-order valence-corrected chi connectivity index (χ2v) is 6.34. The first kappa shape index (κ1) is 14.3. The Balaban J connectivity index is 2.01. The number of hydrogen-bond donors (Lipinski definition) is 1. The summed E-state index contributed by atoms with van der Waals surface area (Å²) in [7, 11) is 2.19. The molecule has 1 aliphatic rings. The summed E-state index contributed by atoms with van der Waals surface area (Å²) in [6.45, 7) is 2.34. The Labute approximate surface area is 126 Å². The van der Waals surface area contributed by atoms with Gasteiger partial charge in [-0.15, -0.1) is 0 Å². The van der Waals surface area contributed by atoms with Crippen LogP contribution in [0.5, 0.6) is 0 Å². The van der Waals surface area contributed by atoms with Crippen molar-refractivity contribution in [2.24, 2.45) is 5.92 Å². The Bertz CT molecular complexity index is 626. The van der Waals surface area contributed by atoms with E-state index in [9.17, 15) is 5.11 Å². The number of nitrogens with zero attached hydrogens (tertiary/aromatic N) is 2. The highest BCUT2D eigenvalue weighted by atomic mass is 16.3. The molecule has 3 heteroatoms. The van der Waals surface area contributed by atoms with E-state index in [1.165, 1.54) is 36.8 Å². The lowest BCUT2D eigenvalue weighted by atomic mass is 9.86. The maximum atomic E-state index is 9.47. The van der Waals surface area contributed by atoms with Crippen LogP contribution in [0.4, 0.5) is 5.69 Å². The summed E-state index contributed by atoms with van der Waals surface area (Å²) in [5.74, 6) is 0.802. The van der Waals surface area contributed by atoms with Gasteiger partial charge in [-0.1, -0.05) is 38.0 Å². The van der Waals surface area contributed by atoms with Crippen LogP contribution in [-0.2, 0) is 6.61 Å². The minimum atomic E-state index is -0.00720. The minimum Gasteiger partial charge on any atom is -0.390 e. The molecule has 0 saturated heterocycles. The summed E-state index contributed by atoms with van der Waals surface area (Å²) in [6.07, 6.45) is 5.17. The Hall–Kier alpha value is -1.61. The molecule has 1 aromatic carbocycles. The average molecular weight is 284 g/mol. The van der Waals surface area contributed by atoms with E-state index in [-0.39, 0.29) is 6.61 Å². The molecule has 21 heavy (non-hydrogen) atoms. The van der Waals surface area contributed by atoms with Gasteiger partial charge in [0.25, 0.3) is 0 Å². The first-order chi connectivity index (χ1) is 10.2. The van der Waals surface area contributed by atoms with Crippen LogP contribution in [0.3, 0.4) is 0 Å². The third-order valence-corrected chi connectivity index (χ3v) is 4.75. The molecule has 1 heterocycles. The molecule has 3 rings (SSSR count). The molecule has 1 saturated carbocycles. The molecular formula is C18H24N2O. The number of aliphatic hydroxyl groups excluding tert-OH is 1. The fraction of sp³-hybridized carbons (Fsp3) is 0.500. The molecule has 1 aromatic heterocycles. The molecule has 0 aliphatic heterocycles. The second-order valence-electron chi connectivity index (χ2n) is 6.34. The van der Waals surface area contributed by atoms with Crippen molar-refractivity contribution in [2.45, 2.75) is 45.3 Å².